The highest BCUT2D eigenvalue weighted by molar-refractivity contribution is 6.09. The molecular formula is C15H15N3O3. The number of carbonyl (C=O) groups excluding carboxylic acids is 1. The molecule has 108 valence electrons. The molecule has 1 amide bonds. The fourth-order valence-electron chi connectivity index (χ4n) is 2.24. The summed E-state index contributed by atoms with van der Waals surface area (Å²) >= 11 is 0. The van der Waals surface area contributed by atoms with E-state index in [-0.39, 0.29) is 5.91 Å². The SMILES string of the molecule is CN(C(=O)c1cccc2c1OCCO2)c1ccncc1N. The number of carbonyl (C=O) groups is 1. The smallest absolute Gasteiger partial charge is 0.261 e. The van der Waals surface area contributed by atoms with Crippen LogP contribution in [0, 0.1) is 0 Å². The second kappa shape index (κ2) is 5.32. The fourth-order valence-corrected chi connectivity index (χ4v) is 2.24. The van der Waals surface area contributed by atoms with Crippen molar-refractivity contribution >= 4 is 17.3 Å². The van der Waals surface area contributed by atoms with E-state index >= 15 is 0 Å². The van der Waals surface area contributed by atoms with E-state index in [2.05, 4.69) is 4.98 Å². The number of nitrogens with zero attached hydrogens (tertiary/aromatic N) is 2. The van der Waals surface area contributed by atoms with Crippen LogP contribution in [-0.2, 0) is 0 Å². The predicted molar refractivity (Wildman–Crippen MR) is 78.8 cm³/mol. The summed E-state index contributed by atoms with van der Waals surface area (Å²) in [7, 11) is 1.66. The number of hydrogen-bond donors (Lipinski definition) is 1. The van der Waals surface area contributed by atoms with Crippen molar-refractivity contribution in [2.75, 3.05) is 30.9 Å². The highest BCUT2D eigenvalue weighted by Crippen LogP contribution is 2.35. The highest BCUT2D eigenvalue weighted by Gasteiger charge is 2.24. The number of pyridine rings is 1. The number of fused-ring (bicyclic) bond motifs is 1. The van der Waals surface area contributed by atoms with E-state index in [9.17, 15) is 4.79 Å². The number of ether oxygens (including phenoxy) is 2. The van der Waals surface area contributed by atoms with E-state index in [0.717, 1.165) is 0 Å². The number of para-hydroxylation sites is 1. The first-order valence-electron chi connectivity index (χ1n) is 6.54. The van der Waals surface area contributed by atoms with Crippen molar-refractivity contribution in [3.63, 3.8) is 0 Å². The fraction of sp³-hybridized carbons (Fsp3) is 0.200. The average Bonchev–Trinajstić information content (AvgIpc) is 2.53. The molecule has 0 aliphatic carbocycles. The van der Waals surface area contributed by atoms with Crippen LogP contribution in [0.3, 0.4) is 0 Å². The number of rotatable bonds is 2. The van der Waals surface area contributed by atoms with Gasteiger partial charge >= 0.3 is 0 Å². The minimum absolute atomic E-state index is 0.213. The minimum atomic E-state index is -0.213. The number of amides is 1. The normalized spacial score (nSPS) is 12.8. The molecule has 0 fully saturated rings. The lowest BCUT2D eigenvalue weighted by atomic mass is 10.1. The Bertz CT molecular complexity index is 688. The Hall–Kier alpha value is -2.76. The van der Waals surface area contributed by atoms with Crippen LogP contribution in [0.5, 0.6) is 11.5 Å². The summed E-state index contributed by atoms with van der Waals surface area (Å²) in [5, 5.41) is 0. The predicted octanol–water partition coefficient (Wildman–Crippen LogP) is 1.71. The van der Waals surface area contributed by atoms with E-state index in [1.807, 2.05) is 0 Å². The molecule has 0 saturated heterocycles. The molecule has 2 aromatic rings. The first-order chi connectivity index (χ1) is 10.2. The number of nitrogen functional groups attached to an aromatic ring is 1. The lowest BCUT2D eigenvalue weighted by molar-refractivity contribution is 0.0982. The van der Waals surface area contributed by atoms with Crippen molar-refractivity contribution in [1.29, 1.82) is 0 Å². The van der Waals surface area contributed by atoms with Gasteiger partial charge in [-0.1, -0.05) is 6.07 Å². The van der Waals surface area contributed by atoms with E-state index in [0.29, 0.717) is 41.7 Å². The third kappa shape index (κ3) is 2.35. The summed E-state index contributed by atoms with van der Waals surface area (Å²) in [6.07, 6.45) is 3.11. The van der Waals surface area contributed by atoms with Crippen LogP contribution in [0.4, 0.5) is 11.4 Å². The first kappa shape index (κ1) is 13.2. The summed E-state index contributed by atoms with van der Waals surface area (Å²) in [5.74, 6) is 0.853. The van der Waals surface area contributed by atoms with Crippen molar-refractivity contribution in [3.05, 3.63) is 42.2 Å². The third-order valence-electron chi connectivity index (χ3n) is 3.29. The van der Waals surface area contributed by atoms with Gasteiger partial charge in [0.15, 0.2) is 11.5 Å². The monoisotopic (exact) mass is 285 g/mol. The zero-order chi connectivity index (χ0) is 14.8. The Balaban J connectivity index is 1.98. The van der Waals surface area contributed by atoms with Gasteiger partial charge in [-0.05, 0) is 18.2 Å². The van der Waals surface area contributed by atoms with Gasteiger partial charge in [0, 0.05) is 13.2 Å². The molecule has 0 atom stereocenters. The van der Waals surface area contributed by atoms with Gasteiger partial charge in [0.25, 0.3) is 5.91 Å². The van der Waals surface area contributed by atoms with Crippen molar-refractivity contribution in [3.8, 4) is 11.5 Å². The maximum Gasteiger partial charge on any atom is 0.261 e. The number of nitrogens with two attached hydrogens (primary N) is 1. The molecule has 3 rings (SSSR count). The zero-order valence-electron chi connectivity index (χ0n) is 11.6. The highest BCUT2D eigenvalue weighted by atomic mass is 16.6. The Morgan fingerprint density at radius 3 is 2.90 bits per heavy atom. The van der Waals surface area contributed by atoms with Crippen LogP contribution in [-0.4, -0.2) is 31.2 Å². The molecule has 1 aliphatic rings. The number of hydrogen-bond acceptors (Lipinski definition) is 5. The number of benzene rings is 1. The zero-order valence-corrected chi connectivity index (χ0v) is 11.6. The Labute approximate surface area is 122 Å². The molecule has 0 saturated carbocycles. The summed E-state index contributed by atoms with van der Waals surface area (Å²) in [6, 6.07) is 6.96. The lowest BCUT2D eigenvalue weighted by Gasteiger charge is -2.23. The van der Waals surface area contributed by atoms with Crippen LogP contribution in [0.1, 0.15) is 10.4 Å². The average molecular weight is 285 g/mol. The summed E-state index contributed by atoms with van der Waals surface area (Å²) < 4.78 is 11.1. The quantitative estimate of drug-likeness (QED) is 0.909. The van der Waals surface area contributed by atoms with Crippen LogP contribution in [0.2, 0.25) is 0 Å². The lowest BCUT2D eigenvalue weighted by Crippen LogP contribution is -2.28. The summed E-state index contributed by atoms with van der Waals surface area (Å²) in [5.41, 5.74) is 7.35. The van der Waals surface area contributed by atoms with Crippen molar-refractivity contribution in [2.24, 2.45) is 0 Å². The first-order valence-corrected chi connectivity index (χ1v) is 6.54. The molecule has 6 nitrogen and oxygen atoms in total. The van der Waals surface area contributed by atoms with Crippen LogP contribution in [0.25, 0.3) is 0 Å². The second-order valence-corrected chi connectivity index (χ2v) is 4.63. The van der Waals surface area contributed by atoms with Crippen LogP contribution < -0.4 is 20.1 Å². The van der Waals surface area contributed by atoms with Crippen molar-refractivity contribution in [1.82, 2.24) is 4.98 Å². The van der Waals surface area contributed by atoms with Crippen molar-refractivity contribution in [2.45, 2.75) is 0 Å². The molecule has 0 radical (unpaired) electrons. The van der Waals surface area contributed by atoms with Gasteiger partial charge in [-0.3, -0.25) is 9.78 Å². The topological polar surface area (TPSA) is 77.7 Å². The minimum Gasteiger partial charge on any atom is -0.486 e. The summed E-state index contributed by atoms with van der Waals surface area (Å²) in [6.45, 7) is 0.913. The van der Waals surface area contributed by atoms with Gasteiger partial charge in [-0.2, -0.15) is 0 Å². The van der Waals surface area contributed by atoms with Gasteiger partial charge in [0.05, 0.1) is 23.1 Å². The van der Waals surface area contributed by atoms with Crippen molar-refractivity contribution < 1.29 is 14.3 Å². The van der Waals surface area contributed by atoms with Gasteiger partial charge in [0.1, 0.15) is 13.2 Å². The molecule has 2 heterocycles. The van der Waals surface area contributed by atoms with Gasteiger partial charge in [-0.15, -0.1) is 0 Å². The molecule has 1 aliphatic heterocycles. The van der Waals surface area contributed by atoms with E-state index < -0.39 is 0 Å². The maximum absolute atomic E-state index is 12.7. The molecule has 2 N–H and O–H groups in total. The largest absolute Gasteiger partial charge is 0.486 e. The Morgan fingerprint density at radius 1 is 1.29 bits per heavy atom. The molecule has 1 aromatic carbocycles. The standard InChI is InChI=1S/C15H15N3O3/c1-18(12-5-6-17-9-11(12)16)15(19)10-3-2-4-13-14(10)21-8-7-20-13/h2-6,9H,7-8,16H2,1H3. The molecule has 0 unspecified atom stereocenters. The molecule has 0 spiro atoms. The number of aromatic nitrogens is 1. The van der Waals surface area contributed by atoms with E-state index in [4.69, 9.17) is 15.2 Å². The molecule has 1 aromatic heterocycles. The molecule has 0 bridgehead atoms. The van der Waals surface area contributed by atoms with Crippen LogP contribution in [0.15, 0.2) is 36.7 Å². The maximum atomic E-state index is 12.7. The second-order valence-electron chi connectivity index (χ2n) is 4.63. The summed E-state index contributed by atoms with van der Waals surface area (Å²) in [4.78, 5) is 18.1. The van der Waals surface area contributed by atoms with E-state index in [1.54, 1.807) is 37.5 Å². The van der Waals surface area contributed by atoms with Gasteiger partial charge < -0.3 is 20.1 Å². The van der Waals surface area contributed by atoms with Gasteiger partial charge in [-0.25, -0.2) is 0 Å². The third-order valence-corrected chi connectivity index (χ3v) is 3.29. The Morgan fingerprint density at radius 2 is 2.10 bits per heavy atom. The Kier molecular flexibility index (Phi) is 3.35. The molecule has 6 heteroatoms. The van der Waals surface area contributed by atoms with Crippen LogP contribution >= 0.6 is 0 Å². The van der Waals surface area contributed by atoms with E-state index in [1.165, 1.54) is 11.1 Å². The number of anilines is 2. The molecule has 21 heavy (non-hydrogen) atoms. The van der Waals surface area contributed by atoms with Gasteiger partial charge in [0.2, 0.25) is 0 Å². The molecular weight excluding hydrogens is 270 g/mol.